The van der Waals surface area contributed by atoms with E-state index >= 15 is 0 Å². The second kappa shape index (κ2) is 8.68. The van der Waals surface area contributed by atoms with E-state index in [1.54, 1.807) is 18.2 Å². The molecule has 1 aromatic rings. The van der Waals surface area contributed by atoms with E-state index in [-0.39, 0.29) is 47.7 Å². The van der Waals surface area contributed by atoms with Crippen molar-refractivity contribution in [3.8, 4) is 0 Å². The van der Waals surface area contributed by atoms with E-state index in [1.165, 1.54) is 12.1 Å². The fraction of sp³-hybridized carbons (Fsp3) is 0.417. The zero-order chi connectivity index (χ0) is 23.7. The van der Waals surface area contributed by atoms with Crippen molar-refractivity contribution < 1.29 is 29.0 Å². The number of carboxylic acid groups (broad SMARTS) is 1. The van der Waals surface area contributed by atoms with Crippen molar-refractivity contribution in [1.82, 2.24) is 5.43 Å². The molecule has 0 unspecified atom stereocenters. The van der Waals surface area contributed by atoms with Gasteiger partial charge in [0.15, 0.2) is 11.2 Å². The van der Waals surface area contributed by atoms with Crippen LogP contribution in [0.1, 0.15) is 57.9 Å². The Labute approximate surface area is 185 Å². The molecular weight excluding hydrogens is 415 g/mol. The van der Waals surface area contributed by atoms with Gasteiger partial charge in [0.1, 0.15) is 11.6 Å². The molecule has 2 aliphatic rings. The Morgan fingerprint density at radius 2 is 1.88 bits per heavy atom. The molecular formula is C24H27FN2O5. The van der Waals surface area contributed by atoms with Crippen LogP contribution in [0.5, 0.6) is 0 Å². The normalized spacial score (nSPS) is 25.6. The number of hydrazone groups is 1. The molecule has 0 aromatic heterocycles. The lowest BCUT2D eigenvalue weighted by molar-refractivity contribution is -0.157. The number of carbonyl (C=O) groups excluding carboxylic acids is 2. The van der Waals surface area contributed by atoms with Crippen molar-refractivity contribution in [2.24, 2.45) is 15.9 Å². The minimum atomic E-state index is -1.77. The number of aliphatic hydroxyl groups is 1. The summed E-state index contributed by atoms with van der Waals surface area (Å²) in [6.45, 7) is 5.58. The summed E-state index contributed by atoms with van der Waals surface area (Å²) in [6.07, 6.45) is 3.27. The average Bonchev–Trinajstić information content (AvgIpc) is 2.70. The van der Waals surface area contributed by atoms with Crippen LogP contribution in [-0.2, 0) is 14.4 Å². The number of hydrogen-bond donors (Lipinski definition) is 3. The summed E-state index contributed by atoms with van der Waals surface area (Å²) >= 11 is 0. The monoisotopic (exact) mass is 442 g/mol. The third kappa shape index (κ3) is 4.64. The second-order valence-corrected chi connectivity index (χ2v) is 9.35. The van der Waals surface area contributed by atoms with E-state index in [1.807, 2.05) is 20.8 Å². The van der Waals surface area contributed by atoms with Crippen LogP contribution in [0.4, 0.5) is 4.39 Å². The molecule has 7 nitrogen and oxygen atoms in total. The van der Waals surface area contributed by atoms with Gasteiger partial charge in [0.05, 0.1) is 11.8 Å². The maximum Gasteiger partial charge on any atom is 0.319 e. The first-order valence-corrected chi connectivity index (χ1v) is 10.4. The van der Waals surface area contributed by atoms with Crippen LogP contribution in [0.25, 0.3) is 0 Å². The lowest BCUT2D eigenvalue weighted by Crippen LogP contribution is -2.47. The molecule has 0 aliphatic heterocycles. The summed E-state index contributed by atoms with van der Waals surface area (Å²) in [7, 11) is 0. The molecule has 1 amide bonds. The van der Waals surface area contributed by atoms with Gasteiger partial charge in [-0.15, -0.1) is 0 Å². The highest BCUT2D eigenvalue weighted by Crippen LogP contribution is 2.44. The minimum absolute atomic E-state index is 0.0116. The molecule has 0 spiro atoms. The number of halogens is 1. The number of amides is 1. The number of nitrogens with zero attached hydrogens (tertiary/aromatic N) is 1. The molecule has 0 radical (unpaired) electrons. The third-order valence-corrected chi connectivity index (χ3v) is 6.25. The molecule has 1 aromatic carbocycles. The first-order chi connectivity index (χ1) is 14.9. The lowest BCUT2D eigenvalue weighted by atomic mass is 9.68. The maximum absolute atomic E-state index is 13.3. The number of hydrogen-bond acceptors (Lipinski definition) is 5. The van der Waals surface area contributed by atoms with Gasteiger partial charge >= 0.3 is 5.97 Å². The van der Waals surface area contributed by atoms with Crippen LogP contribution in [0.2, 0.25) is 0 Å². The van der Waals surface area contributed by atoms with Gasteiger partial charge in [0.25, 0.3) is 5.91 Å². The quantitative estimate of drug-likeness (QED) is 0.276. The van der Waals surface area contributed by atoms with Crippen molar-refractivity contribution in [1.29, 1.82) is 0 Å². The SMILES string of the molecule is CC1=CC[C@](C(=O)O)(C(=O)N/N=C\C2=C(O)CC(C)(C)CC2=O)C[C@H]1c1ccc(F)cc1. The van der Waals surface area contributed by atoms with E-state index in [4.69, 9.17) is 0 Å². The highest BCUT2D eigenvalue weighted by atomic mass is 19.1. The second-order valence-electron chi connectivity index (χ2n) is 9.35. The summed E-state index contributed by atoms with van der Waals surface area (Å²) in [4.78, 5) is 37.4. The zero-order valence-corrected chi connectivity index (χ0v) is 18.3. The molecule has 32 heavy (non-hydrogen) atoms. The molecule has 0 fully saturated rings. The fourth-order valence-electron chi connectivity index (χ4n) is 4.31. The van der Waals surface area contributed by atoms with E-state index in [9.17, 15) is 29.0 Å². The summed E-state index contributed by atoms with van der Waals surface area (Å²) in [5.41, 5.74) is 1.73. The van der Waals surface area contributed by atoms with Crippen molar-refractivity contribution in [2.75, 3.05) is 0 Å². The lowest BCUT2D eigenvalue weighted by Gasteiger charge is -2.35. The number of ketones is 1. The smallest absolute Gasteiger partial charge is 0.319 e. The van der Waals surface area contributed by atoms with Crippen molar-refractivity contribution in [3.63, 3.8) is 0 Å². The number of Topliss-reactive ketones (excluding diaryl/α,β-unsaturated/α-hetero) is 1. The molecule has 0 bridgehead atoms. The van der Waals surface area contributed by atoms with Gasteiger partial charge in [0, 0.05) is 18.8 Å². The summed E-state index contributed by atoms with van der Waals surface area (Å²) in [5.74, 6) is -3.29. The van der Waals surface area contributed by atoms with Gasteiger partial charge in [0.2, 0.25) is 0 Å². The largest absolute Gasteiger partial charge is 0.511 e. The Hall–Kier alpha value is -3.29. The number of allylic oxidation sites excluding steroid dienone is 4. The zero-order valence-electron chi connectivity index (χ0n) is 18.3. The van der Waals surface area contributed by atoms with E-state index in [0.717, 1.165) is 11.8 Å². The number of nitrogens with one attached hydrogen (secondary N) is 1. The van der Waals surface area contributed by atoms with Crippen LogP contribution in [0, 0.1) is 16.6 Å². The molecule has 2 atom stereocenters. The highest BCUT2D eigenvalue weighted by Gasteiger charge is 2.49. The molecule has 3 rings (SSSR count). The molecule has 170 valence electrons. The first-order valence-electron chi connectivity index (χ1n) is 10.4. The summed E-state index contributed by atoms with van der Waals surface area (Å²) in [6, 6.07) is 5.76. The van der Waals surface area contributed by atoms with Crippen LogP contribution in [0.3, 0.4) is 0 Å². The van der Waals surface area contributed by atoms with Crippen molar-refractivity contribution in [3.05, 3.63) is 58.6 Å². The molecule has 3 N–H and O–H groups in total. The minimum Gasteiger partial charge on any atom is -0.511 e. The van der Waals surface area contributed by atoms with E-state index in [2.05, 4.69) is 10.5 Å². The van der Waals surface area contributed by atoms with Crippen LogP contribution >= 0.6 is 0 Å². The average molecular weight is 442 g/mol. The number of rotatable bonds is 5. The number of aliphatic hydroxyl groups excluding tert-OH is 1. The van der Waals surface area contributed by atoms with Gasteiger partial charge in [-0.25, -0.2) is 9.82 Å². The van der Waals surface area contributed by atoms with Gasteiger partial charge in [-0.05, 0) is 42.9 Å². The van der Waals surface area contributed by atoms with Gasteiger partial charge in [-0.1, -0.05) is 37.6 Å². The topological polar surface area (TPSA) is 116 Å². The number of carbonyl (C=O) groups is 3. The third-order valence-electron chi connectivity index (χ3n) is 6.25. The molecule has 0 saturated heterocycles. The Morgan fingerprint density at radius 1 is 1.22 bits per heavy atom. The van der Waals surface area contributed by atoms with Crippen LogP contribution < -0.4 is 5.43 Å². The Balaban J connectivity index is 1.81. The summed E-state index contributed by atoms with van der Waals surface area (Å²) in [5, 5.41) is 23.9. The van der Waals surface area contributed by atoms with Crippen molar-refractivity contribution >= 4 is 23.9 Å². The fourth-order valence-corrected chi connectivity index (χ4v) is 4.31. The Morgan fingerprint density at radius 3 is 2.47 bits per heavy atom. The standard InChI is InChI=1S/C24H27FN2O5/c1-14-8-9-24(22(31)32,10-17(14)15-4-6-16(25)7-5-15)21(30)27-26-13-18-19(28)11-23(2,3)12-20(18)29/h4-8,13,17,28H,9-12H2,1-3H3,(H,27,30)(H,31,32)/b26-13-/t17-,24-/m1/s1. The molecule has 8 heteroatoms. The number of benzene rings is 1. The van der Waals surface area contributed by atoms with E-state index in [0.29, 0.717) is 12.0 Å². The first kappa shape index (κ1) is 23.4. The predicted molar refractivity (Wildman–Crippen MR) is 117 cm³/mol. The predicted octanol–water partition coefficient (Wildman–Crippen LogP) is 4.02. The van der Waals surface area contributed by atoms with Crippen LogP contribution in [0.15, 0.2) is 52.3 Å². The highest BCUT2D eigenvalue weighted by molar-refractivity contribution is 6.14. The molecule has 0 heterocycles. The van der Waals surface area contributed by atoms with Gasteiger partial charge in [-0.2, -0.15) is 5.10 Å². The molecule has 0 saturated carbocycles. The maximum atomic E-state index is 13.3. The van der Waals surface area contributed by atoms with E-state index < -0.39 is 23.1 Å². The Bertz CT molecular complexity index is 1040. The van der Waals surface area contributed by atoms with Gasteiger partial charge in [-0.3, -0.25) is 14.4 Å². The van der Waals surface area contributed by atoms with Crippen molar-refractivity contribution in [2.45, 2.75) is 52.4 Å². The number of aliphatic carboxylic acids is 1. The molecule has 2 aliphatic carbocycles. The summed E-state index contributed by atoms with van der Waals surface area (Å²) < 4.78 is 13.3. The Kier molecular flexibility index (Phi) is 6.34. The number of carboxylic acids is 1. The van der Waals surface area contributed by atoms with Gasteiger partial charge < -0.3 is 10.2 Å². The van der Waals surface area contributed by atoms with Crippen LogP contribution in [-0.4, -0.2) is 34.1 Å².